The first-order valence-electron chi connectivity index (χ1n) is 8.10. The van der Waals surface area contributed by atoms with Crippen molar-refractivity contribution >= 4 is 11.6 Å². The summed E-state index contributed by atoms with van der Waals surface area (Å²) in [4.78, 5) is 11.4. The normalized spacial score (nSPS) is 8.64. The number of hydrogen-bond acceptors (Lipinski definition) is 1. The lowest BCUT2D eigenvalue weighted by molar-refractivity contribution is -0.112. The van der Waals surface area contributed by atoms with Gasteiger partial charge in [-0.1, -0.05) is 64.0 Å². The van der Waals surface area contributed by atoms with Crippen LogP contribution in [0.5, 0.6) is 0 Å². The molecule has 0 unspecified atom stereocenters. The molecule has 0 aliphatic carbocycles. The Kier molecular flexibility index (Phi) is 14.4. The number of carbonyl (C=O) groups is 1. The minimum Gasteiger partial charge on any atom is -0.322 e. The highest BCUT2D eigenvalue weighted by Gasteiger charge is 2.04. The SMILES string of the molecule is C=C(C)CCC.C=C(CC)C(=O)Nc1ccc(C)cc1.CC. The number of carbonyl (C=O) groups excluding carboxylic acids is 1. The molecule has 1 aromatic rings. The summed E-state index contributed by atoms with van der Waals surface area (Å²) in [5.41, 5.74) is 3.88. The van der Waals surface area contributed by atoms with Gasteiger partial charge in [-0.05, 0) is 38.8 Å². The zero-order valence-corrected chi connectivity index (χ0v) is 15.3. The molecule has 0 atom stereocenters. The molecule has 124 valence electrons. The van der Waals surface area contributed by atoms with Gasteiger partial charge in [0.1, 0.15) is 0 Å². The summed E-state index contributed by atoms with van der Waals surface area (Å²) >= 11 is 0. The molecular weight excluding hydrogens is 270 g/mol. The third kappa shape index (κ3) is 12.0. The van der Waals surface area contributed by atoms with Crippen LogP contribution < -0.4 is 5.32 Å². The fourth-order valence-electron chi connectivity index (χ4n) is 1.44. The molecule has 0 radical (unpaired) electrons. The molecule has 2 heteroatoms. The first-order valence-corrected chi connectivity index (χ1v) is 8.10. The highest BCUT2D eigenvalue weighted by atomic mass is 16.1. The van der Waals surface area contributed by atoms with Crippen molar-refractivity contribution in [2.24, 2.45) is 0 Å². The Bertz CT molecular complexity index is 443. The van der Waals surface area contributed by atoms with E-state index in [0.29, 0.717) is 12.0 Å². The van der Waals surface area contributed by atoms with Gasteiger partial charge in [0.05, 0.1) is 0 Å². The average molecular weight is 303 g/mol. The van der Waals surface area contributed by atoms with Crippen LogP contribution >= 0.6 is 0 Å². The summed E-state index contributed by atoms with van der Waals surface area (Å²) in [5, 5.41) is 2.78. The molecule has 0 aromatic heterocycles. The molecule has 1 aromatic carbocycles. The van der Waals surface area contributed by atoms with Crippen molar-refractivity contribution in [3.05, 3.63) is 54.1 Å². The van der Waals surface area contributed by atoms with Gasteiger partial charge in [0, 0.05) is 11.3 Å². The molecule has 0 fully saturated rings. The van der Waals surface area contributed by atoms with Crippen LogP contribution in [0.2, 0.25) is 0 Å². The van der Waals surface area contributed by atoms with E-state index >= 15 is 0 Å². The largest absolute Gasteiger partial charge is 0.322 e. The zero-order valence-electron chi connectivity index (χ0n) is 15.3. The monoisotopic (exact) mass is 303 g/mol. The van der Waals surface area contributed by atoms with Gasteiger partial charge in [-0.3, -0.25) is 4.79 Å². The number of nitrogens with one attached hydrogen (secondary N) is 1. The molecule has 1 rings (SSSR count). The van der Waals surface area contributed by atoms with E-state index in [0.717, 1.165) is 5.69 Å². The van der Waals surface area contributed by atoms with Crippen LogP contribution in [-0.2, 0) is 4.79 Å². The van der Waals surface area contributed by atoms with E-state index in [2.05, 4.69) is 32.3 Å². The Morgan fingerprint density at radius 1 is 1.09 bits per heavy atom. The van der Waals surface area contributed by atoms with Crippen LogP contribution in [0, 0.1) is 6.92 Å². The van der Waals surface area contributed by atoms with Gasteiger partial charge in [-0.15, -0.1) is 6.58 Å². The van der Waals surface area contributed by atoms with Crippen molar-refractivity contribution in [3.8, 4) is 0 Å². The summed E-state index contributed by atoms with van der Waals surface area (Å²) in [5.74, 6) is -0.101. The zero-order chi connectivity index (χ0) is 17.5. The first kappa shape index (κ1) is 22.5. The summed E-state index contributed by atoms with van der Waals surface area (Å²) in [6, 6.07) is 7.70. The predicted octanol–water partition coefficient (Wildman–Crippen LogP) is 6.29. The Labute approximate surface area is 137 Å². The Hall–Kier alpha value is -1.83. The molecular formula is C20H33NO. The van der Waals surface area contributed by atoms with Gasteiger partial charge in [0.15, 0.2) is 0 Å². The number of amides is 1. The molecule has 0 aliphatic rings. The van der Waals surface area contributed by atoms with E-state index in [1.54, 1.807) is 0 Å². The van der Waals surface area contributed by atoms with Crippen LogP contribution in [0.1, 0.15) is 59.4 Å². The third-order valence-electron chi connectivity index (χ3n) is 2.73. The van der Waals surface area contributed by atoms with Crippen molar-refractivity contribution in [1.29, 1.82) is 0 Å². The van der Waals surface area contributed by atoms with Crippen LogP contribution in [0.15, 0.2) is 48.6 Å². The highest BCUT2D eigenvalue weighted by molar-refractivity contribution is 6.03. The number of aryl methyl sites for hydroxylation is 1. The third-order valence-corrected chi connectivity index (χ3v) is 2.73. The Morgan fingerprint density at radius 3 is 1.91 bits per heavy atom. The second-order valence-corrected chi connectivity index (χ2v) is 4.98. The van der Waals surface area contributed by atoms with Crippen molar-refractivity contribution in [1.82, 2.24) is 0 Å². The Morgan fingerprint density at radius 2 is 1.59 bits per heavy atom. The number of benzene rings is 1. The Balaban J connectivity index is 0. The van der Waals surface area contributed by atoms with Gasteiger partial charge in [0.25, 0.3) is 5.91 Å². The van der Waals surface area contributed by atoms with Gasteiger partial charge >= 0.3 is 0 Å². The molecule has 0 bridgehead atoms. The number of allylic oxidation sites excluding steroid dienone is 1. The van der Waals surface area contributed by atoms with Crippen molar-refractivity contribution in [2.75, 3.05) is 5.32 Å². The van der Waals surface area contributed by atoms with Crippen LogP contribution in [-0.4, -0.2) is 5.91 Å². The molecule has 22 heavy (non-hydrogen) atoms. The number of anilines is 1. The second-order valence-electron chi connectivity index (χ2n) is 4.98. The molecule has 0 aliphatic heterocycles. The fourth-order valence-corrected chi connectivity index (χ4v) is 1.44. The minimum absolute atomic E-state index is 0.101. The number of rotatable bonds is 5. The standard InChI is InChI=1S/C12H15NO.C6H12.C2H6/c1-4-10(3)12(14)13-11-7-5-9(2)6-8-11;1-4-5-6(2)3;1-2/h5-8H,3-4H2,1-2H3,(H,13,14);2,4-5H2,1,3H3;1-2H3. The molecule has 0 saturated carbocycles. The molecule has 2 nitrogen and oxygen atoms in total. The van der Waals surface area contributed by atoms with E-state index in [1.165, 1.54) is 24.0 Å². The fraction of sp³-hybridized carbons (Fsp3) is 0.450. The van der Waals surface area contributed by atoms with Gasteiger partial charge in [-0.25, -0.2) is 0 Å². The minimum atomic E-state index is -0.101. The molecule has 1 N–H and O–H groups in total. The average Bonchev–Trinajstić information content (AvgIpc) is 2.51. The second kappa shape index (κ2) is 14.1. The van der Waals surface area contributed by atoms with E-state index in [-0.39, 0.29) is 5.91 Å². The molecule has 0 spiro atoms. The quantitative estimate of drug-likeness (QED) is 0.502. The van der Waals surface area contributed by atoms with E-state index < -0.39 is 0 Å². The lowest BCUT2D eigenvalue weighted by Gasteiger charge is -2.05. The highest BCUT2D eigenvalue weighted by Crippen LogP contribution is 2.10. The van der Waals surface area contributed by atoms with Crippen molar-refractivity contribution in [2.45, 2.75) is 60.8 Å². The lowest BCUT2D eigenvalue weighted by atomic mass is 10.2. The maximum Gasteiger partial charge on any atom is 0.250 e. The topological polar surface area (TPSA) is 29.1 Å². The summed E-state index contributed by atoms with van der Waals surface area (Å²) in [7, 11) is 0. The lowest BCUT2D eigenvalue weighted by Crippen LogP contribution is -2.12. The van der Waals surface area contributed by atoms with Crippen LogP contribution in [0.4, 0.5) is 5.69 Å². The van der Waals surface area contributed by atoms with Gasteiger partial charge in [-0.2, -0.15) is 0 Å². The molecule has 1 amide bonds. The summed E-state index contributed by atoms with van der Waals surface area (Å²) in [6.45, 7) is 19.6. The van der Waals surface area contributed by atoms with Crippen molar-refractivity contribution < 1.29 is 4.79 Å². The summed E-state index contributed by atoms with van der Waals surface area (Å²) < 4.78 is 0. The van der Waals surface area contributed by atoms with Gasteiger partial charge in [0.2, 0.25) is 0 Å². The maximum atomic E-state index is 11.4. The maximum absolute atomic E-state index is 11.4. The van der Waals surface area contributed by atoms with E-state index in [4.69, 9.17) is 0 Å². The molecule has 0 saturated heterocycles. The van der Waals surface area contributed by atoms with Gasteiger partial charge < -0.3 is 5.32 Å². The molecule has 0 heterocycles. The van der Waals surface area contributed by atoms with E-state index in [1.807, 2.05) is 52.0 Å². The number of hydrogen-bond donors (Lipinski definition) is 1. The smallest absolute Gasteiger partial charge is 0.250 e. The van der Waals surface area contributed by atoms with Crippen LogP contribution in [0.25, 0.3) is 0 Å². The predicted molar refractivity (Wildman–Crippen MR) is 100 cm³/mol. The summed E-state index contributed by atoms with van der Waals surface area (Å²) in [6.07, 6.45) is 3.09. The van der Waals surface area contributed by atoms with Crippen LogP contribution in [0.3, 0.4) is 0 Å². The van der Waals surface area contributed by atoms with E-state index in [9.17, 15) is 4.79 Å². The van der Waals surface area contributed by atoms with Crippen molar-refractivity contribution in [3.63, 3.8) is 0 Å². The first-order chi connectivity index (χ1) is 10.4.